The van der Waals surface area contributed by atoms with Gasteiger partial charge in [-0.05, 0) is 90.4 Å². The number of ether oxygens (including phenoxy) is 1. The lowest BCUT2D eigenvalue weighted by Gasteiger charge is -2.59. The standard InChI is InChI=1S/C28H46O/c1-19(2)10-9-11-20(3)22-13-14-23-26-24(15-17-28(22,23)5)27(4)16-8-7-12-21(27)18-25(26)29-6/h7,12,18-20,22-26H,8-11,13-17H2,1-6H3/t20-,22-,23+,24+,25?,26+,27+,28-/m1/s1. The largest absolute Gasteiger partial charge is 0.377 e. The average Bonchev–Trinajstić information content (AvgIpc) is 3.04. The van der Waals surface area contributed by atoms with Crippen molar-refractivity contribution in [1.29, 1.82) is 0 Å². The van der Waals surface area contributed by atoms with Crippen LogP contribution in [-0.2, 0) is 4.74 Å². The maximum atomic E-state index is 6.18. The lowest BCUT2D eigenvalue weighted by Crippen LogP contribution is -2.54. The third kappa shape index (κ3) is 3.58. The Kier molecular flexibility index (Phi) is 6.11. The van der Waals surface area contributed by atoms with Crippen LogP contribution in [-0.4, -0.2) is 13.2 Å². The van der Waals surface area contributed by atoms with Gasteiger partial charge in [-0.1, -0.05) is 72.1 Å². The second-order valence-corrected chi connectivity index (χ2v) is 12.0. The van der Waals surface area contributed by atoms with E-state index in [-0.39, 0.29) is 0 Å². The first kappa shape index (κ1) is 21.7. The fraction of sp³-hybridized carbons (Fsp3) is 0.857. The van der Waals surface area contributed by atoms with Gasteiger partial charge in [-0.2, -0.15) is 0 Å². The summed E-state index contributed by atoms with van der Waals surface area (Å²) in [7, 11) is 1.96. The second kappa shape index (κ2) is 8.18. The molecule has 4 aliphatic rings. The summed E-state index contributed by atoms with van der Waals surface area (Å²) < 4.78 is 6.18. The van der Waals surface area contributed by atoms with E-state index < -0.39 is 0 Å². The molecule has 0 saturated heterocycles. The first-order valence-electron chi connectivity index (χ1n) is 12.7. The Hall–Kier alpha value is -0.560. The van der Waals surface area contributed by atoms with E-state index in [0.29, 0.717) is 16.9 Å². The van der Waals surface area contributed by atoms with Crippen LogP contribution in [0.4, 0.5) is 0 Å². The third-order valence-electron chi connectivity index (χ3n) is 10.1. The molecule has 8 atom stereocenters. The minimum Gasteiger partial charge on any atom is -0.377 e. The Morgan fingerprint density at radius 2 is 1.83 bits per heavy atom. The molecule has 1 unspecified atom stereocenters. The second-order valence-electron chi connectivity index (χ2n) is 12.0. The zero-order valence-electron chi connectivity index (χ0n) is 20.0. The first-order chi connectivity index (χ1) is 13.8. The van der Waals surface area contributed by atoms with Gasteiger partial charge in [-0.25, -0.2) is 0 Å². The Morgan fingerprint density at radius 1 is 1.03 bits per heavy atom. The fourth-order valence-electron chi connectivity index (χ4n) is 8.51. The van der Waals surface area contributed by atoms with Crippen molar-refractivity contribution in [1.82, 2.24) is 0 Å². The van der Waals surface area contributed by atoms with Gasteiger partial charge in [0, 0.05) is 7.11 Å². The van der Waals surface area contributed by atoms with Crippen molar-refractivity contribution < 1.29 is 4.74 Å². The van der Waals surface area contributed by atoms with Crippen molar-refractivity contribution in [3.8, 4) is 0 Å². The summed E-state index contributed by atoms with van der Waals surface area (Å²) in [5.74, 6) is 5.04. The molecule has 0 N–H and O–H groups in total. The minimum atomic E-state index is 0.324. The van der Waals surface area contributed by atoms with Crippen molar-refractivity contribution in [2.75, 3.05) is 7.11 Å². The van der Waals surface area contributed by atoms with Crippen molar-refractivity contribution in [3.63, 3.8) is 0 Å². The molecule has 0 amide bonds. The Balaban J connectivity index is 1.57. The maximum absolute atomic E-state index is 6.18. The van der Waals surface area contributed by atoms with Crippen LogP contribution in [0.15, 0.2) is 23.8 Å². The average molecular weight is 399 g/mol. The summed E-state index contributed by atoms with van der Waals surface area (Å²) in [6.45, 7) is 12.6. The highest BCUT2D eigenvalue weighted by molar-refractivity contribution is 5.36. The van der Waals surface area contributed by atoms with Crippen LogP contribution in [0.25, 0.3) is 0 Å². The van der Waals surface area contributed by atoms with Crippen LogP contribution < -0.4 is 0 Å². The highest BCUT2D eigenvalue weighted by Gasteiger charge is 2.60. The molecule has 164 valence electrons. The van der Waals surface area contributed by atoms with Crippen LogP contribution in [0.2, 0.25) is 0 Å². The molecule has 0 aromatic rings. The molecule has 0 aromatic carbocycles. The summed E-state index contributed by atoms with van der Waals surface area (Å²) in [6, 6.07) is 0. The van der Waals surface area contributed by atoms with Gasteiger partial charge in [0.25, 0.3) is 0 Å². The normalized spacial score (nSPS) is 44.8. The molecule has 0 heterocycles. The zero-order chi connectivity index (χ0) is 20.8. The molecule has 0 bridgehead atoms. The summed E-state index contributed by atoms with van der Waals surface area (Å²) >= 11 is 0. The molecule has 0 spiro atoms. The highest BCUT2D eigenvalue weighted by Crippen LogP contribution is 2.67. The topological polar surface area (TPSA) is 9.23 Å². The highest BCUT2D eigenvalue weighted by atomic mass is 16.5. The van der Waals surface area contributed by atoms with Crippen LogP contribution in [0.5, 0.6) is 0 Å². The van der Waals surface area contributed by atoms with Gasteiger partial charge in [-0.3, -0.25) is 0 Å². The molecule has 0 radical (unpaired) electrons. The molecule has 0 aromatic heterocycles. The smallest absolute Gasteiger partial charge is 0.0791 e. The Labute approximate surface area is 180 Å². The molecule has 4 rings (SSSR count). The van der Waals surface area contributed by atoms with Gasteiger partial charge in [0.15, 0.2) is 0 Å². The molecule has 29 heavy (non-hydrogen) atoms. The van der Waals surface area contributed by atoms with Gasteiger partial charge >= 0.3 is 0 Å². The Morgan fingerprint density at radius 3 is 2.55 bits per heavy atom. The van der Waals surface area contributed by atoms with Crippen molar-refractivity contribution in [3.05, 3.63) is 23.8 Å². The van der Waals surface area contributed by atoms with E-state index in [4.69, 9.17) is 4.74 Å². The predicted octanol–water partition coefficient (Wildman–Crippen LogP) is 7.82. The maximum Gasteiger partial charge on any atom is 0.0791 e. The first-order valence-corrected chi connectivity index (χ1v) is 12.7. The predicted molar refractivity (Wildman–Crippen MR) is 124 cm³/mol. The monoisotopic (exact) mass is 398 g/mol. The SMILES string of the molecule is COC1C=C2C=CCC[C@]2(C)[C@H]2CC[C@]3(C)[C@@H]([C@H](C)CCCC(C)C)CC[C@H]3[C@H]12. The van der Waals surface area contributed by atoms with Crippen LogP contribution >= 0.6 is 0 Å². The van der Waals surface area contributed by atoms with E-state index in [0.717, 1.165) is 35.5 Å². The number of hydrogen-bond acceptors (Lipinski definition) is 1. The van der Waals surface area contributed by atoms with Crippen LogP contribution in [0.3, 0.4) is 0 Å². The van der Waals surface area contributed by atoms with Crippen molar-refractivity contribution in [2.24, 2.45) is 46.3 Å². The zero-order valence-corrected chi connectivity index (χ0v) is 20.0. The lowest BCUT2D eigenvalue weighted by atomic mass is 9.47. The van der Waals surface area contributed by atoms with E-state index in [2.05, 4.69) is 52.8 Å². The third-order valence-corrected chi connectivity index (χ3v) is 10.1. The van der Waals surface area contributed by atoms with Crippen molar-refractivity contribution >= 4 is 0 Å². The molecule has 1 heteroatoms. The molecular weight excluding hydrogens is 352 g/mol. The van der Waals surface area contributed by atoms with Crippen LogP contribution in [0.1, 0.15) is 92.4 Å². The molecule has 1 nitrogen and oxygen atoms in total. The van der Waals surface area contributed by atoms with Gasteiger partial charge in [0.1, 0.15) is 0 Å². The number of fused-ring (bicyclic) bond motifs is 5. The van der Waals surface area contributed by atoms with E-state index in [9.17, 15) is 0 Å². The minimum absolute atomic E-state index is 0.324. The van der Waals surface area contributed by atoms with Crippen LogP contribution in [0, 0.1) is 46.3 Å². The Bertz CT molecular complexity index is 645. The van der Waals surface area contributed by atoms with E-state index in [1.54, 1.807) is 5.57 Å². The summed E-state index contributed by atoms with van der Waals surface area (Å²) in [5.41, 5.74) is 2.50. The summed E-state index contributed by atoms with van der Waals surface area (Å²) in [5, 5.41) is 0. The van der Waals surface area contributed by atoms with Gasteiger partial charge < -0.3 is 4.74 Å². The molecule has 2 saturated carbocycles. The summed E-state index contributed by atoms with van der Waals surface area (Å²) in [4.78, 5) is 0. The number of allylic oxidation sites excluding steroid dienone is 3. The van der Waals surface area contributed by atoms with Gasteiger partial charge in [0.2, 0.25) is 0 Å². The fourth-order valence-corrected chi connectivity index (χ4v) is 8.51. The molecule has 2 fully saturated rings. The van der Waals surface area contributed by atoms with E-state index in [1.165, 1.54) is 57.8 Å². The van der Waals surface area contributed by atoms with Crippen molar-refractivity contribution in [2.45, 2.75) is 98.5 Å². The molecule has 4 aliphatic carbocycles. The van der Waals surface area contributed by atoms with Gasteiger partial charge in [0.05, 0.1) is 6.10 Å². The lowest BCUT2D eigenvalue weighted by molar-refractivity contribution is -0.0977. The van der Waals surface area contributed by atoms with E-state index >= 15 is 0 Å². The molecular formula is C28H46O. The van der Waals surface area contributed by atoms with E-state index in [1.807, 2.05) is 7.11 Å². The summed E-state index contributed by atoms with van der Waals surface area (Å²) in [6.07, 6.45) is 20.3. The number of methoxy groups -OCH3 is 1. The number of rotatable bonds is 6. The van der Waals surface area contributed by atoms with Gasteiger partial charge in [-0.15, -0.1) is 0 Å². The molecule has 0 aliphatic heterocycles. The number of hydrogen-bond donors (Lipinski definition) is 0. The quantitative estimate of drug-likeness (QED) is 0.443.